The highest BCUT2D eigenvalue weighted by molar-refractivity contribution is 5.31. The van der Waals surface area contributed by atoms with Gasteiger partial charge in [-0.25, -0.2) is 0 Å². The third-order valence-electron chi connectivity index (χ3n) is 3.90. The monoisotopic (exact) mass is 235 g/mol. The Morgan fingerprint density at radius 2 is 2.18 bits per heavy atom. The Morgan fingerprint density at radius 3 is 2.76 bits per heavy atom. The summed E-state index contributed by atoms with van der Waals surface area (Å²) >= 11 is 0. The van der Waals surface area contributed by atoms with Crippen LogP contribution in [0.1, 0.15) is 44.3 Å². The summed E-state index contributed by atoms with van der Waals surface area (Å²) in [6.07, 6.45) is 6.69. The minimum atomic E-state index is 0.0566. The van der Waals surface area contributed by atoms with E-state index >= 15 is 0 Å². The quantitative estimate of drug-likeness (QED) is 0.620. The summed E-state index contributed by atoms with van der Waals surface area (Å²) in [6.45, 7) is 2.28. The number of nitrogens with one attached hydrogen (secondary N) is 1. The maximum Gasteiger partial charge on any atom is 0.142 e. The number of nitrogens with two attached hydrogens (primary N) is 1. The van der Waals surface area contributed by atoms with Gasteiger partial charge in [0.1, 0.15) is 11.4 Å². The summed E-state index contributed by atoms with van der Waals surface area (Å²) in [6, 6.07) is 3.87. The molecule has 3 N–H and O–H groups in total. The number of nitrogens with zero attached hydrogens (tertiary/aromatic N) is 1. The Kier molecular flexibility index (Phi) is 3.64. The third kappa shape index (κ3) is 2.28. The zero-order valence-corrected chi connectivity index (χ0v) is 10.6. The normalized spacial score (nSPS) is 20.2. The van der Waals surface area contributed by atoms with Crippen LogP contribution in [0, 0.1) is 5.41 Å². The summed E-state index contributed by atoms with van der Waals surface area (Å²) in [5.74, 6) is 6.56. The van der Waals surface area contributed by atoms with Crippen LogP contribution in [0.4, 0.5) is 0 Å². The fourth-order valence-electron chi connectivity index (χ4n) is 2.87. The fourth-order valence-corrected chi connectivity index (χ4v) is 2.87. The molecule has 0 amide bonds. The van der Waals surface area contributed by atoms with E-state index in [1.165, 1.54) is 25.7 Å². The number of hydrogen-bond acceptors (Lipinski definition) is 4. The van der Waals surface area contributed by atoms with Crippen LogP contribution >= 0.6 is 0 Å². The first-order valence-electron chi connectivity index (χ1n) is 6.16. The van der Waals surface area contributed by atoms with E-state index in [2.05, 4.69) is 17.3 Å². The Balaban J connectivity index is 2.34. The average molecular weight is 235 g/mol. The Hall–Kier alpha value is -1.13. The SMILES string of the molecule is COc1cccnc1C(NN)C1(C)CCCC1. The van der Waals surface area contributed by atoms with E-state index in [1.807, 2.05) is 12.1 Å². The first-order valence-corrected chi connectivity index (χ1v) is 6.16. The van der Waals surface area contributed by atoms with E-state index in [0.717, 1.165) is 11.4 Å². The summed E-state index contributed by atoms with van der Waals surface area (Å²) in [5, 5.41) is 0. The van der Waals surface area contributed by atoms with E-state index in [0.29, 0.717) is 0 Å². The summed E-state index contributed by atoms with van der Waals surface area (Å²) in [7, 11) is 1.67. The summed E-state index contributed by atoms with van der Waals surface area (Å²) in [5.41, 5.74) is 4.03. The molecule has 94 valence electrons. The molecular weight excluding hydrogens is 214 g/mol. The second-order valence-corrected chi connectivity index (χ2v) is 5.05. The molecule has 0 aromatic carbocycles. The van der Waals surface area contributed by atoms with Gasteiger partial charge in [-0.15, -0.1) is 0 Å². The van der Waals surface area contributed by atoms with Crippen LogP contribution in [0.5, 0.6) is 5.75 Å². The number of hydrazine groups is 1. The maximum atomic E-state index is 5.75. The first kappa shape index (κ1) is 12.3. The number of hydrogen-bond donors (Lipinski definition) is 2. The molecule has 0 spiro atoms. The predicted molar refractivity (Wildman–Crippen MR) is 67.4 cm³/mol. The van der Waals surface area contributed by atoms with E-state index in [-0.39, 0.29) is 11.5 Å². The van der Waals surface area contributed by atoms with E-state index in [9.17, 15) is 0 Å². The van der Waals surface area contributed by atoms with Gasteiger partial charge in [0.2, 0.25) is 0 Å². The van der Waals surface area contributed by atoms with Gasteiger partial charge in [0.25, 0.3) is 0 Å². The molecule has 0 aliphatic heterocycles. The average Bonchev–Trinajstić information content (AvgIpc) is 2.78. The van der Waals surface area contributed by atoms with Gasteiger partial charge in [-0.3, -0.25) is 16.3 Å². The molecule has 0 radical (unpaired) electrons. The molecular formula is C13H21N3O. The molecule has 0 bridgehead atoms. The molecule has 1 aromatic heterocycles. The highest BCUT2D eigenvalue weighted by Gasteiger charge is 2.39. The van der Waals surface area contributed by atoms with Gasteiger partial charge in [0.15, 0.2) is 0 Å². The number of rotatable bonds is 4. The van der Waals surface area contributed by atoms with Crippen LogP contribution in [0.3, 0.4) is 0 Å². The lowest BCUT2D eigenvalue weighted by Gasteiger charge is -2.33. The topological polar surface area (TPSA) is 60.2 Å². The van der Waals surface area contributed by atoms with Gasteiger partial charge in [0.05, 0.1) is 13.2 Å². The van der Waals surface area contributed by atoms with Gasteiger partial charge in [0, 0.05) is 6.20 Å². The van der Waals surface area contributed by atoms with Crippen molar-refractivity contribution in [3.05, 3.63) is 24.0 Å². The molecule has 1 fully saturated rings. The summed E-state index contributed by atoms with van der Waals surface area (Å²) < 4.78 is 5.37. The molecule has 1 aromatic rings. The second-order valence-electron chi connectivity index (χ2n) is 5.05. The standard InChI is InChI=1S/C13H21N3O/c1-13(7-3-4-8-13)12(16-14)11-10(17-2)6-5-9-15-11/h5-6,9,12,16H,3-4,7-8,14H2,1-2H3. The highest BCUT2D eigenvalue weighted by atomic mass is 16.5. The lowest BCUT2D eigenvalue weighted by Crippen LogP contribution is -2.39. The van der Waals surface area contributed by atoms with Crippen molar-refractivity contribution in [2.45, 2.75) is 38.6 Å². The van der Waals surface area contributed by atoms with E-state index in [4.69, 9.17) is 10.6 Å². The number of methoxy groups -OCH3 is 1. The molecule has 1 aliphatic rings. The zero-order valence-electron chi connectivity index (χ0n) is 10.6. The fraction of sp³-hybridized carbons (Fsp3) is 0.615. The Bertz CT molecular complexity index is 375. The number of pyridine rings is 1. The van der Waals surface area contributed by atoms with Crippen LogP contribution in [0.25, 0.3) is 0 Å². The van der Waals surface area contributed by atoms with Gasteiger partial charge in [-0.1, -0.05) is 19.8 Å². The molecule has 4 nitrogen and oxygen atoms in total. The molecule has 1 heterocycles. The number of aromatic nitrogens is 1. The van der Waals surface area contributed by atoms with Crippen molar-refractivity contribution in [3.63, 3.8) is 0 Å². The van der Waals surface area contributed by atoms with Gasteiger partial charge in [-0.2, -0.15) is 0 Å². The van der Waals surface area contributed by atoms with Crippen LogP contribution in [-0.2, 0) is 0 Å². The maximum absolute atomic E-state index is 5.75. The van der Waals surface area contributed by atoms with Crippen molar-refractivity contribution in [1.29, 1.82) is 0 Å². The molecule has 2 rings (SSSR count). The van der Waals surface area contributed by atoms with Gasteiger partial charge >= 0.3 is 0 Å². The summed E-state index contributed by atoms with van der Waals surface area (Å²) in [4.78, 5) is 4.44. The van der Waals surface area contributed by atoms with Crippen molar-refractivity contribution in [1.82, 2.24) is 10.4 Å². The van der Waals surface area contributed by atoms with Crippen LogP contribution in [-0.4, -0.2) is 12.1 Å². The zero-order chi connectivity index (χ0) is 12.3. The highest BCUT2D eigenvalue weighted by Crippen LogP contribution is 2.47. The lowest BCUT2D eigenvalue weighted by molar-refractivity contribution is 0.215. The second kappa shape index (κ2) is 5.02. The van der Waals surface area contributed by atoms with Crippen LogP contribution < -0.4 is 16.0 Å². The van der Waals surface area contributed by atoms with Crippen molar-refractivity contribution >= 4 is 0 Å². The van der Waals surface area contributed by atoms with Crippen LogP contribution in [0.15, 0.2) is 18.3 Å². The van der Waals surface area contributed by atoms with Crippen molar-refractivity contribution in [3.8, 4) is 5.75 Å². The van der Waals surface area contributed by atoms with Crippen molar-refractivity contribution in [2.24, 2.45) is 11.3 Å². The molecule has 1 unspecified atom stereocenters. The van der Waals surface area contributed by atoms with Crippen LogP contribution in [0.2, 0.25) is 0 Å². The smallest absolute Gasteiger partial charge is 0.142 e. The molecule has 17 heavy (non-hydrogen) atoms. The lowest BCUT2D eigenvalue weighted by atomic mass is 9.79. The van der Waals surface area contributed by atoms with Gasteiger partial charge in [-0.05, 0) is 30.4 Å². The third-order valence-corrected chi connectivity index (χ3v) is 3.90. The molecule has 0 saturated heterocycles. The number of ether oxygens (including phenoxy) is 1. The minimum Gasteiger partial charge on any atom is -0.495 e. The molecule has 4 heteroatoms. The van der Waals surface area contributed by atoms with Crippen molar-refractivity contribution in [2.75, 3.05) is 7.11 Å². The minimum absolute atomic E-state index is 0.0566. The largest absolute Gasteiger partial charge is 0.495 e. The predicted octanol–water partition coefficient (Wildman–Crippen LogP) is 2.17. The Morgan fingerprint density at radius 1 is 1.47 bits per heavy atom. The molecule has 1 aliphatic carbocycles. The van der Waals surface area contributed by atoms with E-state index < -0.39 is 0 Å². The molecule has 1 saturated carbocycles. The van der Waals surface area contributed by atoms with Crippen molar-refractivity contribution < 1.29 is 4.74 Å². The van der Waals surface area contributed by atoms with Gasteiger partial charge < -0.3 is 4.74 Å². The molecule has 1 atom stereocenters. The first-order chi connectivity index (χ1) is 8.21. The Labute approximate surface area is 103 Å². The van der Waals surface area contributed by atoms with E-state index in [1.54, 1.807) is 13.3 Å².